The van der Waals surface area contributed by atoms with Gasteiger partial charge >= 0.3 is 0 Å². The van der Waals surface area contributed by atoms with Crippen LogP contribution in [0, 0.1) is 17.3 Å². The fourth-order valence-corrected chi connectivity index (χ4v) is 6.46. The van der Waals surface area contributed by atoms with Gasteiger partial charge in [-0.3, -0.25) is 14.5 Å². The molecular formula is C35H50Br2N4O4. The third-order valence-electron chi connectivity index (χ3n) is 8.34. The number of nitrogens with zero attached hydrogens (tertiary/aromatic N) is 4. The molecule has 0 unspecified atom stereocenters. The number of carbonyl (C=O) groups is 2. The average Bonchev–Trinajstić information content (AvgIpc) is 3.46. The van der Waals surface area contributed by atoms with Crippen LogP contribution in [0.4, 0.5) is 0 Å². The zero-order valence-electron chi connectivity index (χ0n) is 27.8. The monoisotopic (exact) mass is 748 g/mol. The molecule has 10 heteroatoms. The maximum atomic E-state index is 13.4. The number of hydrogen-bond donors (Lipinski definition) is 0. The molecule has 2 aromatic carbocycles. The highest BCUT2D eigenvalue weighted by Crippen LogP contribution is 2.32. The highest BCUT2D eigenvalue weighted by Gasteiger charge is 2.38. The van der Waals surface area contributed by atoms with Gasteiger partial charge in [0.2, 0.25) is 5.90 Å². The quantitative estimate of drug-likeness (QED) is 0.111. The molecule has 4 rings (SSSR count). The van der Waals surface area contributed by atoms with Crippen molar-refractivity contribution in [1.82, 2.24) is 4.90 Å². The summed E-state index contributed by atoms with van der Waals surface area (Å²) in [6, 6.07) is 11.4. The van der Waals surface area contributed by atoms with E-state index < -0.39 is 0 Å². The molecule has 0 N–H and O–H groups in total. The molecule has 0 bridgehead atoms. The Morgan fingerprint density at radius 1 is 0.867 bits per heavy atom. The van der Waals surface area contributed by atoms with Crippen LogP contribution >= 0.6 is 0 Å². The summed E-state index contributed by atoms with van der Waals surface area (Å²) in [5, 5.41) is 5.54. The molecule has 8 nitrogen and oxygen atoms in total. The maximum Gasteiger partial charge on any atom is 0.261 e. The predicted octanol–water partition coefficient (Wildman–Crippen LogP) is -0.673. The lowest BCUT2D eigenvalue weighted by Crippen LogP contribution is -3.00. The van der Waals surface area contributed by atoms with Crippen molar-refractivity contribution in [2.75, 3.05) is 74.1 Å². The van der Waals surface area contributed by atoms with Crippen molar-refractivity contribution in [3.8, 4) is 11.8 Å². The number of carbonyl (C=O) groups excluding carboxylic acids is 2. The lowest BCUT2D eigenvalue weighted by Gasteiger charge is -2.40. The third kappa shape index (κ3) is 11.1. The minimum atomic E-state index is -0.216. The first kappa shape index (κ1) is 38.7. The number of amides is 2. The smallest absolute Gasteiger partial charge is 0.261 e. The molecule has 2 aromatic rings. The van der Waals surface area contributed by atoms with E-state index in [-0.39, 0.29) is 51.2 Å². The number of halogens is 2. The van der Waals surface area contributed by atoms with E-state index in [0.717, 1.165) is 52.3 Å². The van der Waals surface area contributed by atoms with Crippen molar-refractivity contribution in [1.29, 1.82) is 0 Å². The number of benzene rings is 2. The van der Waals surface area contributed by atoms with Crippen LogP contribution in [0.1, 0.15) is 73.1 Å². The Hall–Kier alpha value is -2.45. The summed E-state index contributed by atoms with van der Waals surface area (Å²) in [6.45, 7) is 9.60. The van der Waals surface area contributed by atoms with Crippen molar-refractivity contribution >= 4 is 28.5 Å². The van der Waals surface area contributed by atoms with E-state index >= 15 is 0 Å². The van der Waals surface area contributed by atoms with Crippen LogP contribution in [0.2, 0.25) is 0 Å². The first-order valence-electron chi connectivity index (χ1n) is 15.7. The second kappa shape index (κ2) is 16.9. The summed E-state index contributed by atoms with van der Waals surface area (Å²) in [5.74, 6) is 6.62. The highest BCUT2D eigenvalue weighted by molar-refractivity contribution is 6.25. The Kier molecular flexibility index (Phi) is 14.6. The Labute approximate surface area is 290 Å². The lowest BCUT2D eigenvalue weighted by atomic mass is 9.88. The van der Waals surface area contributed by atoms with Gasteiger partial charge in [-0.25, -0.2) is 0 Å². The highest BCUT2D eigenvalue weighted by atomic mass is 79.9. The summed E-state index contributed by atoms with van der Waals surface area (Å²) >= 11 is 0. The Balaban J connectivity index is 0.00000353. The van der Waals surface area contributed by atoms with Crippen LogP contribution in [0.15, 0.2) is 41.6 Å². The Morgan fingerprint density at radius 2 is 1.44 bits per heavy atom. The van der Waals surface area contributed by atoms with Gasteiger partial charge in [-0.1, -0.05) is 55.6 Å². The van der Waals surface area contributed by atoms with Crippen LogP contribution in [0.5, 0.6) is 0 Å². The predicted molar refractivity (Wildman–Crippen MR) is 172 cm³/mol. The number of rotatable bonds is 14. The molecule has 0 radical (unpaired) electrons. The van der Waals surface area contributed by atoms with E-state index in [1.807, 2.05) is 36.4 Å². The van der Waals surface area contributed by atoms with Crippen LogP contribution in [0.25, 0.3) is 10.8 Å². The molecule has 0 aliphatic carbocycles. The van der Waals surface area contributed by atoms with Crippen molar-refractivity contribution in [2.24, 2.45) is 10.6 Å². The molecule has 0 saturated heterocycles. The molecule has 45 heavy (non-hydrogen) atoms. The second-order valence-electron chi connectivity index (χ2n) is 14.2. The fraction of sp³-hybridized carbons (Fsp3) is 0.571. The van der Waals surface area contributed by atoms with Crippen LogP contribution in [0.3, 0.4) is 0 Å². The normalized spacial score (nSPS) is 14.6. The van der Waals surface area contributed by atoms with Gasteiger partial charge in [0.15, 0.2) is 6.61 Å². The van der Waals surface area contributed by atoms with E-state index in [9.17, 15) is 9.59 Å². The van der Waals surface area contributed by atoms with E-state index in [1.54, 1.807) is 0 Å². The average molecular weight is 751 g/mol. The van der Waals surface area contributed by atoms with Gasteiger partial charge in [0, 0.05) is 28.5 Å². The second-order valence-corrected chi connectivity index (χ2v) is 14.2. The maximum absolute atomic E-state index is 13.4. The van der Waals surface area contributed by atoms with Crippen molar-refractivity contribution < 1.29 is 62.1 Å². The molecule has 2 aliphatic rings. The number of unbranched alkanes of at least 4 members (excludes halogenated alkanes) is 4. The van der Waals surface area contributed by atoms with Gasteiger partial charge in [-0.15, -0.1) is 0 Å². The Bertz CT molecular complexity index is 1360. The zero-order chi connectivity index (χ0) is 31.1. The van der Waals surface area contributed by atoms with Gasteiger partial charge in [-0.05, 0) is 49.1 Å². The van der Waals surface area contributed by atoms with Crippen molar-refractivity contribution in [3.05, 3.63) is 47.5 Å². The molecule has 0 atom stereocenters. The van der Waals surface area contributed by atoms with Gasteiger partial charge < -0.3 is 52.5 Å². The summed E-state index contributed by atoms with van der Waals surface area (Å²) < 4.78 is 7.23. The largest absolute Gasteiger partial charge is 1.00 e. The summed E-state index contributed by atoms with van der Waals surface area (Å²) in [5.41, 5.74) is 1.04. The summed E-state index contributed by atoms with van der Waals surface area (Å²) in [7, 11) is 8.99. The number of quaternary nitrogens is 2. The number of ether oxygens (including phenoxy) is 1. The van der Waals surface area contributed by atoms with Crippen molar-refractivity contribution in [2.45, 2.75) is 52.4 Å². The molecule has 0 saturated carbocycles. The van der Waals surface area contributed by atoms with Crippen LogP contribution in [-0.4, -0.2) is 106 Å². The number of hydrogen-bond acceptors (Lipinski definition) is 5. The minimum Gasteiger partial charge on any atom is -1.00 e. The molecule has 248 valence electrons. The van der Waals surface area contributed by atoms with E-state index in [1.165, 1.54) is 37.0 Å². The van der Waals surface area contributed by atoms with Gasteiger partial charge in [-0.2, -0.15) is 0 Å². The van der Waals surface area contributed by atoms with E-state index in [4.69, 9.17) is 9.57 Å². The summed E-state index contributed by atoms with van der Waals surface area (Å²) in [4.78, 5) is 33.2. The van der Waals surface area contributed by atoms with Crippen molar-refractivity contribution in [3.63, 3.8) is 0 Å². The lowest BCUT2D eigenvalue weighted by molar-refractivity contribution is -0.896. The molecule has 0 aromatic heterocycles. The fourth-order valence-electron chi connectivity index (χ4n) is 6.46. The minimum absolute atomic E-state index is 0. The summed E-state index contributed by atoms with van der Waals surface area (Å²) in [6.07, 6.45) is 6.76. The molecular weight excluding hydrogens is 700 g/mol. The van der Waals surface area contributed by atoms with Gasteiger partial charge in [0.25, 0.3) is 11.8 Å². The first-order chi connectivity index (χ1) is 20.4. The molecule has 2 amide bonds. The number of imide groups is 1. The van der Waals surface area contributed by atoms with E-state index in [0.29, 0.717) is 36.8 Å². The molecule has 2 aliphatic heterocycles. The zero-order valence-corrected chi connectivity index (χ0v) is 31.0. The van der Waals surface area contributed by atoms with E-state index in [2.05, 4.69) is 59.0 Å². The standard InChI is InChI=1S/C35H50N4O4.2BrH/c1-35(2,26-37-33(40)29-18-14-16-28-17-15-19-30(32(28)29)34(37)41)27-39(5,6)23-11-9-7-8-10-21-38(3,4)22-12-13-24-42-31-20-25-43-36-31;;/h14-19H,7-11,20-27H2,1-6H3;2*1H/q+2;;/p-2. The van der Waals surface area contributed by atoms with Crippen LogP contribution < -0.4 is 34.0 Å². The van der Waals surface area contributed by atoms with Crippen LogP contribution in [-0.2, 0) is 9.57 Å². The van der Waals surface area contributed by atoms with Gasteiger partial charge in [0.1, 0.15) is 13.2 Å². The van der Waals surface area contributed by atoms with Gasteiger partial charge in [0.05, 0.1) is 54.2 Å². The topological polar surface area (TPSA) is 68.2 Å². The molecule has 0 spiro atoms. The molecule has 2 heterocycles. The Morgan fingerprint density at radius 3 is 2.02 bits per heavy atom. The number of oxime groups is 1. The first-order valence-corrected chi connectivity index (χ1v) is 15.7. The molecule has 0 fully saturated rings. The third-order valence-corrected chi connectivity index (χ3v) is 8.34. The SMILES string of the molecule is CC(C)(CN1C(=O)c2cccc3cccc(c23)C1=O)C[N+](C)(C)CCCCCCC[N+](C)(C)CC#CCOC1=NOCC1.[Br-].[Br-].